The standard InChI is InChI=1S/C21H22N4O3/c1-2-8-26-16-5-3-4-15(10-16)17-11-20(25-21(22)24-17)23-12-14-6-7-18-19(9-14)28-13-27-18/h3-7,9-11H,2,8,12-13H2,1H3,(H3,22,23,24,25). The van der Waals surface area contributed by atoms with Gasteiger partial charge in [0.1, 0.15) is 11.6 Å². The first-order valence-electron chi connectivity index (χ1n) is 9.21. The monoisotopic (exact) mass is 378 g/mol. The summed E-state index contributed by atoms with van der Waals surface area (Å²) in [6, 6.07) is 15.5. The largest absolute Gasteiger partial charge is 0.494 e. The Bertz CT molecular complexity index is 978. The number of rotatable bonds is 7. The number of hydrogen-bond acceptors (Lipinski definition) is 7. The van der Waals surface area contributed by atoms with Crippen LogP contribution >= 0.6 is 0 Å². The predicted octanol–water partition coefficient (Wildman–Crippen LogP) is 3.86. The first-order valence-corrected chi connectivity index (χ1v) is 9.21. The van der Waals surface area contributed by atoms with Crippen LogP contribution < -0.4 is 25.3 Å². The average molecular weight is 378 g/mol. The Kier molecular flexibility index (Phi) is 5.14. The van der Waals surface area contributed by atoms with Crippen molar-refractivity contribution in [2.45, 2.75) is 19.9 Å². The zero-order valence-corrected chi connectivity index (χ0v) is 15.6. The quantitative estimate of drug-likeness (QED) is 0.645. The molecule has 0 saturated heterocycles. The third-order valence-corrected chi connectivity index (χ3v) is 4.26. The Balaban J connectivity index is 1.51. The summed E-state index contributed by atoms with van der Waals surface area (Å²) < 4.78 is 16.5. The Hall–Kier alpha value is -3.48. The van der Waals surface area contributed by atoms with E-state index in [-0.39, 0.29) is 12.7 Å². The number of hydrogen-bond donors (Lipinski definition) is 2. The average Bonchev–Trinajstić information content (AvgIpc) is 3.18. The topological polar surface area (TPSA) is 91.5 Å². The number of nitrogens with one attached hydrogen (secondary N) is 1. The number of aromatic nitrogens is 2. The molecule has 2 heterocycles. The van der Waals surface area contributed by atoms with Crippen LogP contribution in [0.15, 0.2) is 48.5 Å². The second-order valence-electron chi connectivity index (χ2n) is 6.41. The maximum absolute atomic E-state index is 5.93. The normalized spacial score (nSPS) is 12.0. The fourth-order valence-electron chi connectivity index (χ4n) is 2.91. The smallest absolute Gasteiger partial charge is 0.231 e. The van der Waals surface area contributed by atoms with Crippen molar-refractivity contribution in [2.24, 2.45) is 0 Å². The van der Waals surface area contributed by atoms with Crippen LogP contribution in [-0.4, -0.2) is 23.4 Å². The predicted molar refractivity (Wildman–Crippen MR) is 108 cm³/mol. The molecule has 1 aliphatic heterocycles. The highest BCUT2D eigenvalue weighted by molar-refractivity contribution is 5.65. The van der Waals surface area contributed by atoms with Crippen molar-refractivity contribution in [1.29, 1.82) is 0 Å². The molecular formula is C21H22N4O3. The summed E-state index contributed by atoms with van der Waals surface area (Å²) >= 11 is 0. The van der Waals surface area contributed by atoms with E-state index in [9.17, 15) is 0 Å². The van der Waals surface area contributed by atoms with Gasteiger partial charge in [0.05, 0.1) is 12.3 Å². The Morgan fingerprint density at radius 1 is 1.07 bits per heavy atom. The van der Waals surface area contributed by atoms with Crippen molar-refractivity contribution in [1.82, 2.24) is 9.97 Å². The van der Waals surface area contributed by atoms with E-state index in [0.29, 0.717) is 19.0 Å². The van der Waals surface area contributed by atoms with E-state index in [1.54, 1.807) is 0 Å². The van der Waals surface area contributed by atoms with E-state index in [4.69, 9.17) is 19.9 Å². The number of nitrogens with two attached hydrogens (primary N) is 1. The van der Waals surface area contributed by atoms with Gasteiger partial charge in [-0.2, -0.15) is 4.98 Å². The van der Waals surface area contributed by atoms with Crippen molar-refractivity contribution in [3.8, 4) is 28.5 Å². The van der Waals surface area contributed by atoms with Crippen molar-refractivity contribution in [3.05, 3.63) is 54.1 Å². The van der Waals surface area contributed by atoms with Gasteiger partial charge in [0.15, 0.2) is 11.5 Å². The molecule has 0 spiro atoms. The zero-order valence-electron chi connectivity index (χ0n) is 15.6. The first-order chi connectivity index (χ1) is 13.7. The van der Waals surface area contributed by atoms with E-state index >= 15 is 0 Å². The van der Waals surface area contributed by atoms with Crippen LogP contribution in [0.1, 0.15) is 18.9 Å². The lowest BCUT2D eigenvalue weighted by Crippen LogP contribution is -2.05. The molecule has 28 heavy (non-hydrogen) atoms. The fourth-order valence-corrected chi connectivity index (χ4v) is 2.91. The number of ether oxygens (including phenoxy) is 3. The summed E-state index contributed by atoms with van der Waals surface area (Å²) in [4.78, 5) is 8.65. The number of fused-ring (bicyclic) bond motifs is 1. The SMILES string of the molecule is CCCOc1cccc(-c2cc(NCc3ccc4c(c3)OCO4)nc(N)n2)c1. The Morgan fingerprint density at radius 2 is 1.96 bits per heavy atom. The first kappa shape index (κ1) is 17.9. The van der Waals surface area contributed by atoms with E-state index in [2.05, 4.69) is 22.2 Å². The number of benzene rings is 2. The van der Waals surface area contributed by atoms with E-state index in [0.717, 1.165) is 40.5 Å². The lowest BCUT2D eigenvalue weighted by atomic mass is 10.1. The highest BCUT2D eigenvalue weighted by Gasteiger charge is 2.13. The van der Waals surface area contributed by atoms with Gasteiger partial charge in [-0.25, -0.2) is 4.98 Å². The highest BCUT2D eigenvalue weighted by Crippen LogP contribution is 2.32. The van der Waals surface area contributed by atoms with Gasteiger partial charge in [-0.15, -0.1) is 0 Å². The van der Waals surface area contributed by atoms with Crippen LogP contribution in [-0.2, 0) is 6.54 Å². The van der Waals surface area contributed by atoms with E-state index in [1.165, 1.54) is 0 Å². The minimum Gasteiger partial charge on any atom is -0.494 e. The maximum atomic E-state index is 5.93. The molecule has 0 bridgehead atoms. The third-order valence-electron chi connectivity index (χ3n) is 4.26. The molecule has 4 rings (SSSR count). The molecule has 2 aromatic carbocycles. The number of anilines is 2. The van der Waals surface area contributed by atoms with Gasteiger partial charge >= 0.3 is 0 Å². The highest BCUT2D eigenvalue weighted by atomic mass is 16.7. The third kappa shape index (κ3) is 4.09. The molecule has 0 saturated carbocycles. The minimum atomic E-state index is 0.213. The van der Waals surface area contributed by atoms with Gasteiger partial charge in [0.2, 0.25) is 12.7 Å². The van der Waals surface area contributed by atoms with Gasteiger partial charge in [0.25, 0.3) is 0 Å². The van der Waals surface area contributed by atoms with Crippen LogP contribution in [0.5, 0.6) is 17.2 Å². The van der Waals surface area contributed by atoms with Crippen LogP contribution in [0.3, 0.4) is 0 Å². The molecule has 0 unspecified atom stereocenters. The lowest BCUT2D eigenvalue weighted by molar-refractivity contribution is 0.174. The summed E-state index contributed by atoms with van der Waals surface area (Å²) in [5.74, 6) is 3.20. The molecule has 7 nitrogen and oxygen atoms in total. The lowest BCUT2D eigenvalue weighted by Gasteiger charge is -2.10. The molecule has 7 heteroatoms. The van der Waals surface area contributed by atoms with Gasteiger partial charge in [0, 0.05) is 18.2 Å². The zero-order chi connectivity index (χ0) is 19.3. The molecule has 144 valence electrons. The summed E-state index contributed by atoms with van der Waals surface area (Å²) in [7, 11) is 0. The van der Waals surface area contributed by atoms with Gasteiger partial charge < -0.3 is 25.3 Å². The summed E-state index contributed by atoms with van der Waals surface area (Å²) in [6.45, 7) is 3.59. The van der Waals surface area contributed by atoms with Crippen molar-refractivity contribution in [2.75, 3.05) is 24.5 Å². The molecule has 0 fully saturated rings. The molecular weight excluding hydrogens is 356 g/mol. The maximum Gasteiger partial charge on any atom is 0.231 e. The van der Waals surface area contributed by atoms with Crippen LogP contribution in [0, 0.1) is 0 Å². The second kappa shape index (κ2) is 8.04. The van der Waals surface area contributed by atoms with Crippen LogP contribution in [0.2, 0.25) is 0 Å². The van der Waals surface area contributed by atoms with Gasteiger partial charge in [-0.3, -0.25) is 0 Å². The molecule has 0 radical (unpaired) electrons. The number of nitrogen functional groups attached to an aromatic ring is 1. The van der Waals surface area contributed by atoms with Crippen molar-refractivity contribution >= 4 is 11.8 Å². The van der Waals surface area contributed by atoms with Gasteiger partial charge in [-0.05, 0) is 36.2 Å². The van der Waals surface area contributed by atoms with E-state index in [1.807, 2.05) is 48.5 Å². The summed E-state index contributed by atoms with van der Waals surface area (Å²) in [5, 5.41) is 3.29. The number of nitrogens with zero attached hydrogens (tertiary/aromatic N) is 2. The van der Waals surface area contributed by atoms with Gasteiger partial charge in [-0.1, -0.05) is 25.1 Å². The Morgan fingerprint density at radius 3 is 2.86 bits per heavy atom. The molecule has 0 atom stereocenters. The molecule has 0 aliphatic carbocycles. The van der Waals surface area contributed by atoms with Crippen molar-refractivity contribution < 1.29 is 14.2 Å². The summed E-state index contributed by atoms with van der Waals surface area (Å²) in [6.07, 6.45) is 0.957. The fraction of sp³-hybridized carbons (Fsp3) is 0.238. The molecule has 1 aromatic heterocycles. The van der Waals surface area contributed by atoms with E-state index < -0.39 is 0 Å². The molecule has 3 aromatic rings. The molecule has 1 aliphatic rings. The second-order valence-corrected chi connectivity index (χ2v) is 6.41. The Labute approximate surface area is 163 Å². The van der Waals surface area contributed by atoms with Crippen LogP contribution in [0.4, 0.5) is 11.8 Å². The van der Waals surface area contributed by atoms with Crippen LogP contribution in [0.25, 0.3) is 11.3 Å². The minimum absolute atomic E-state index is 0.213. The molecule has 3 N–H and O–H groups in total. The molecule has 0 amide bonds. The summed E-state index contributed by atoms with van der Waals surface area (Å²) in [5.41, 5.74) is 8.64. The van der Waals surface area contributed by atoms with Crippen molar-refractivity contribution in [3.63, 3.8) is 0 Å².